The number of hydrogen-bond donors (Lipinski definition) is 3. The van der Waals surface area contributed by atoms with Crippen molar-refractivity contribution in [1.82, 2.24) is 5.32 Å². The molecule has 0 saturated heterocycles. The molecule has 3 N–H and O–H groups in total. The average molecular weight is 281 g/mol. The van der Waals surface area contributed by atoms with Crippen molar-refractivity contribution in [2.24, 2.45) is 0 Å². The Hall–Kier alpha value is -2.08. The van der Waals surface area contributed by atoms with Gasteiger partial charge in [0.1, 0.15) is 11.8 Å². The summed E-state index contributed by atoms with van der Waals surface area (Å²) >= 11 is 0. The van der Waals surface area contributed by atoms with Gasteiger partial charge >= 0.3 is 5.97 Å². The van der Waals surface area contributed by atoms with Crippen LogP contribution >= 0.6 is 0 Å². The molecule has 6 heteroatoms. The van der Waals surface area contributed by atoms with Crippen molar-refractivity contribution in [2.45, 2.75) is 25.3 Å². The third-order valence-electron chi connectivity index (χ3n) is 2.83. The maximum atomic E-state index is 11.7. The fourth-order valence-electron chi connectivity index (χ4n) is 1.74. The van der Waals surface area contributed by atoms with Crippen LogP contribution in [-0.4, -0.2) is 41.8 Å². The minimum absolute atomic E-state index is 0.000231. The van der Waals surface area contributed by atoms with E-state index in [4.69, 9.17) is 14.9 Å². The number of carboxylic acid groups (broad SMARTS) is 1. The van der Waals surface area contributed by atoms with Gasteiger partial charge in [-0.25, -0.2) is 4.79 Å². The lowest BCUT2D eigenvalue weighted by atomic mass is 10.1. The van der Waals surface area contributed by atoms with Gasteiger partial charge < -0.3 is 20.3 Å². The van der Waals surface area contributed by atoms with E-state index in [1.165, 1.54) is 0 Å². The quantitative estimate of drug-likeness (QED) is 0.648. The summed E-state index contributed by atoms with van der Waals surface area (Å²) in [5, 5.41) is 20.0. The monoisotopic (exact) mass is 281 g/mol. The van der Waals surface area contributed by atoms with Crippen LogP contribution < -0.4 is 10.1 Å². The number of nitrogens with one attached hydrogen (secondary N) is 1. The van der Waals surface area contributed by atoms with Crippen molar-refractivity contribution >= 4 is 11.9 Å². The number of aliphatic carboxylic acids is 1. The third kappa shape index (κ3) is 5.27. The van der Waals surface area contributed by atoms with Crippen LogP contribution in [0.2, 0.25) is 0 Å². The van der Waals surface area contributed by atoms with E-state index in [2.05, 4.69) is 5.32 Å². The van der Waals surface area contributed by atoms with E-state index >= 15 is 0 Å². The summed E-state index contributed by atoms with van der Waals surface area (Å²) in [6.07, 6.45) is 0.678. The topological polar surface area (TPSA) is 95.9 Å². The highest BCUT2D eigenvalue weighted by molar-refractivity contribution is 5.83. The molecule has 0 aliphatic rings. The molecule has 1 amide bonds. The largest absolute Gasteiger partial charge is 0.497 e. The van der Waals surface area contributed by atoms with E-state index in [1.807, 2.05) is 24.3 Å². The first-order chi connectivity index (χ1) is 9.56. The van der Waals surface area contributed by atoms with E-state index in [1.54, 1.807) is 7.11 Å². The smallest absolute Gasteiger partial charge is 0.326 e. The maximum Gasteiger partial charge on any atom is 0.326 e. The molecule has 1 rings (SSSR count). The molecule has 0 bridgehead atoms. The number of carbonyl (C=O) groups is 2. The van der Waals surface area contributed by atoms with Crippen LogP contribution in [-0.2, 0) is 16.0 Å². The number of aliphatic hydroxyl groups excluding tert-OH is 1. The van der Waals surface area contributed by atoms with E-state index in [9.17, 15) is 9.59 Å². The normalized spacial score (nSPS) is 11.7. The molecule has 0 saturated carbocycles. The van der Waals surface area contributed by atoms with Gasteiger partial charge in [-0.15, -0.1) is 0 Å². The Bertz CT molecular complexity index is 461. The third-order valence-corrected chi connectivity index (χ3v) is 2.83. The molecule has 110 valence electrons. The lowest BCUT2D eigenvalue weighted by Gasteiger charge is -2.13. The Balaban J connectivity index is 2.47. The Morgan fingerprint density at radius 1 is 1.40 bits per heavy atom. The second-order valence-corrected chi connectivity index (χ2v) is 4.32. The van der Waals surface area contributed by atoms with Crippen LogP contribution in [0.4, 0.5) is 0 Å². The fourth-order valence-corrected chi connectivity index (χ4v) is 1.74. The first-order valence-electron chi connectivity index (χ1n) is 6.32. The molecule has 0 spiro atoms. The van der Waals surface area contributed by atoms with Crippen LogP contribution in [0.3, 0.4) is 0 Å². The zero-order chi connectivity index (χ0) is 15.0. The van der Waals surface area contributed by atoms with Gasteiger partial charge in [0.05, 0.1) is 7.11 Å². The van der Waals surface area contributed by atoms with Gasteiger partial charge in [0.25, 0.3) is 0 Å². The lowest BCUT2D eigenvalue weighted by molar-refractivity contribution is -0.142. The first-order valence-corrected chi connectivity index (χ1v) is 6.32. The molecular weight excluding hydrogens is 262 g/mol. The Labute approximate surface area is 117 Å². The molecule has 0 aliphatic carbocycles. The number of carbonyl (C=O) groups excluding carboxylic acids is 1. The fraction of sp³-hybridized carbons (Fsp3) is 0.429. The standard InChI is InChI=1S/C14H19NO5/c1-20-11-4-2-3-10(9-11)5-6-13(17)15-12(7-8-16)14(18)19/h2-4,9,12,16H,5-8H2,1H3,(H,15,17)(H,18,19)/t12-/m0/s1. The molecule has 1 atom stereocenters. The molecule has 0 heterocycles. The van der Waals surface area contributed by atoms with Gasteiger partial charge in [-0.1, -0.05) is 12.1 Å². The summed E-state index contributed by atoms with van der Waals surface area (Å²) in [6.45, 7) is -0.285. The molecule has 0 aliphatic heterocycles. The van der Waals surface area contributed by atoms with E-state index in [0.29, 0.717) is 12.2 Å². The minimum Gasteiger partial charge on any atom is -0.497 e. The molecule has 1 aromatic rings. The van der Waals surface area contributed by atoms with Crippen LogP contribution in [0.5, 0.6) is 5.75 Å². The summed E-state index contributed by atoms with van der Waals surface area (Å²) in [6, 6.07) is 6.30. The second-order valence-electron chi connectivity index (χ2n) is 4.32. The highest BCUT2D eigenvalue weighted by atomic mass is 16.5. The number of aryl methyl sites for hydroxylation is 1. The van der Waals surface area contributed by atoms with Crippen molar-refractivity contribution in [3.63, 3.8) is 0 Å². The Morgan fingerprint density at radius 3 is 2.75 bits per heavy atom. The van der Waals surface area contributed by atoms with Gasteiger partial charge in [0.2, 0.25) is 5.91 Å². The molecule has 6 nitrogen and oxygen atoms in total. The van der Waals surface area contributed by atoms with E-state index in [0.717, 1.165) is 5.56 Å². The first kappa shape index (κ1) is 16.0. The molecule has 1 aromatic carbocycles. The predicted molar refractivity (Wildman–Crippen MR) is 72.6 cm³/mol. The molecular formula is C14H19NO5. The van der Waals surface area contributed by atoms with Gasteiger partial charge in [0.15, 0.2) is 0 Å². The summed E-state index contributed by atoms with van der Waals surface area (Å²) in [5.41, 5.74) is 0.938. The maximum absolute atomic E-state index is 11.7. The zero-order valence-corrected chi connectivity index (χ0v) is 11.3. The number of aliphatic hydroxyl groups is 1. The van der Waals surface area contributed by atoms with Gasteiger partial charge in [-0.2, -0.15) is 0 Å². The van der Waals surface area contributed by atoms with E-state index in [-0.39, 0.29) is 25.4 Å². The van der Waals surface area contributed by atoms with Crippen molar-refractivity contribution in [1.29, 1.82) is 0 Å². The van der Waals surface area contributed by atoms with Crippen LogP contribution in [0.15, 0.2) is 24.3 Å². The van der Waals surface area contributed by atoms with Crippen molar-refractivity contribution in [2.75, 3.05) is 13.7 Å². The number of carboxylic acids is 1. The average Bonchev–Trinajstić information content (AvgIpc) is 2.44. The van der Waals surface area contributed by atoms with Crippen LogP contribution in [0.1, 0.15) is 18.4 Å². The highest BCUT2D eigenvalue weighted by Gasteiger charge is 2.18. The van der Waals surface area contributed by atoms with Crippen LogP contribution in [0, 0.1) is 0 Å². The summed E-state index contributed by atoms with van der Waals surface area (Å²) in [7, 11) is 1.57. The molecule has 20 heavy (non-hydrogen) atoms. The SMILES string of the molecule is COc1cccc(CCC(=O)N[C@@H](CCO)C(=O)O)c1. The molecule has 0 aromatic heterocycles. The van der Waals surface area contributed by atoms with Gasteiger partial charge in [0, 0.05) is 19.4 Å². The summed E-state index contributed by atoms with van der Waals surface area (Å²) in [4.78, 5) is 22.5. The summed E-state index contributed by atoms with van der Waals surface area (Å²) in [5.74, 6) is -0.783. The number of hydrogen-bond acceptors (Lipinski definition) is 4. The molecule has 0 unspecified atom stereocenters. The van der Waals surface area contributed by atoms with Crippen molar-refractivity contribution in [3.8, 4) is 5.75 Å². The number of methoxy groups -OCH3 is 1. The lowest BCUT2D eigenvalue weighted by Crippen LogP contribution is -2.41. The number of benzene rings is 1. The Morgan fingerprint density at radius 2 is 2.15 bits per heavy atom. The molecule has 0 radical (unpaired) electrons. The number of ether oxygens (including phenoxy) is 1. The molecule has 0 fully saturated rings. The number of rotatable bonds is 8. The minimum atomic E-state index is -1.14. The number of amides is 1. The second kappa shape index (κ2) is 8.16. The Kier molecular flexibility index (Phi) is 6.52. The predicted octanol–water partition coefficient (Wildman–Crippen LogP) is 0.580. The van der Waals surface area contributed by atoms with E-state index < -0.39 is 12.0 Å². The van der Waals surface area contributed by atoms with Gasteiger partial charge in [-0.3, -0.25) is 4.79 Å². The van der Waals surface area contributed by atoms with Crippen LogP contribution in [0.25, 0.3) is 0 Å². The van der Waals surface area contributed by atoms with Gasteiger partial charge in [-0.05, 0) is 24.1 Å². The van der Waals surface area contributed by atoms with Crippen molar-refractivity contribution < 1.29 is 24.5 Å². The highest BCUT2D eigenvalue weighted by Crippen LogP contribution is 2.13. The summed E-state index contributed by atoms with van der Waals surface area (Å²) < 4.78 is 5.08. The van der Waals surface area contributed by atoms with Crippen molar-refractivity contribution in [3.05, 3.63) is 29.8 Å². The zero-order valence-electron chi connectivity index (χ0n) is 11.3.